The average molecular weight is 196 g/mol. The molecule has 2 aliphatic rings. The minimum absolute atomic E-state index is 0.459. The highest BCUT2D eigenvalue weighted by atomic mass is 15.2. The summed E-state index contributed by atoms with van der Waals surface area (Å²) in [4.78, 5) is 2.58. The average Bonchev–Trinajstić information content (AvgIpc) is 2.87. The summed E-state index contributed by atoms with van der Waals surface area (Å²) >= 11 is 0. The normalized spacial score (nSPS) is 31.3. The zero-order chi connectivity index (χ0) is 10.1. The molecule has 14 heavy (non-hydrogen) atoms. The van der Waals surface area contributed by atoms with Gasteiger partial charge in [-0.15, -0.1) is 0 Å². The number of hydrogen-bond donors (Lipinski definition) is 1. The zero-order valence-electron chi connectivity index (χ0n) is 9.58. The number of likely N-dealkylation sites (tertiary alicyclic amines) is 1. The summed E-state index contributed by atoms with van der Waals surface area (Å²) in [5.41, 5.74) is 6.14. The Morgan fingerprint density at radius 3 is 2.43 bits per heavy atom. The van der Waals surface area contributed by atoms with Crippen molar-refractivity contribution >= 4 is 0 Å². The van der Waals surface area contributed by atoms with Crippen LogP contribution in [0.3, 0.4) is 0 Å². The van der Waals surface area contributed by atoms with Crippen molar-refractivity contribution in [3.8, 4) is 0 Å². The third-order valence-corrected chi connectivity index (χ3v) is 3.95. The minimum Gasteiger partial charge on any atom is -0.326 e. The van der Waals surface area contributed by atoms with Crippen molar-refractivity contribution in [2.75, 3.05) is 19.6 Å². The Labute approximate surface area is 87.8 Å². The van der Waals surface area contributed by atoms with Gasteiger partial charge in [-0.2, -0.15) is 0 Å². The Morgan fingerprint density at radius 1 is 1.21 bits per heavy atom. The first kappa shape index (κ1) is 10.4. The van der Waals surface area contributed by atoms with Gasteiger partial charge in [0, 0.05) is 19.1 Å². The summed E-state index contributed by atoms with van der Waals surface area (Å²) in [6, 6.07) is 0.459. The lowest BCUT2D eigenvalue weighted by molar-refractivity contribution is 0.277. The monoisotopic (exact) mass is 196 g/mol. The van der Waals surface area contributed by atoms with Crippen LogP contribution < -0.4 is 5.73 Å². The Hall–Kier alpha value is -0.0800. The molecule has 1 aliphatic carbocycles. The van der Waals surface area contributed by atoms with Crippen LogP contribution in [0.15, 0.2) is 0 Å². The van der Waals surface area contributed by atoms with Crippen molar-refractivity contribution in [1.29, 1.82) is 0 Å². The van der Waals surface area contributed by atoms with Crippen molar-refractivity contribution in [3.05, 3.63) is 0 Å². The molecule has 2 fully saturated rings. The van der Waals surface area contributed by atoms with Crippen molar-refractivity contribution < 1.29 is 0 Å². The van der Waals surface area contributed by atoms with Gasteiger partial charge in [0.05, 0.1) is 0 Å². The fourth-order valence-electron chi connectivity index (χ4n) is 2.54. The molecule has 2 heteroatoms. The molecule has 2 unspecified atom stereocenters. The van der Waals surface area contributed by atoms with Gasteiger partial charge < -0.3 is 10.6 Å². The molecular weight excluding hydrogens is 172 g/mol. The van der Waals surface area contributed by atoms with E-state index in [0.717, 1.165) is 24.3 Å². The fourth-order valence-corrected chi connectivity index (χ4v) is 2.54. The van der Waals surface area contributed by atoms with Crippen LogP contribution in [0.4, 0.5) is 0 Å². The first-order valence-electron chi connectivity index (χ1n) is 6.14. The van der Waals surface area contributed by atoms with E-state index in [-0.39, 0.29) is 0 Å². The molecule has 0 bridgehead atoms. The molecule has 0 spiro atoms. The quantitative estimate of drug-likeness (QED) is 0.741. The van der Waals surface area contributed by atoms with Gasteiger partial charge >= 0.3 is 0 Å². The highest BCUT2D eigenvalue weighted by Gasteiger charge is 2.32. The third-order valence-electron chi connectivity index (χ3n) is 3.95. The van der Waals surface area contributed by atoms with E-state index >= 15 is 0 Å². The van der Waals surface area contributed by atoms with Crippen molar-refractivity contribution in [2.24, 2.45) is 23.5 Å². The van der Waals surface area contributed by atoms with E-state index in [1.54, 1.807) is 0 Å². The molecule has 2 rings (SSSR count). The maximum atomic E-state index is 6.14. The molecule has 0 aromatic rings. The van der Waals surface area contributed by atoms with E-state index < -0.39 is 0 Å². The maximum absolute atomic E-state index is 6.14. The third kappa shape index (κ3) is 2.48. The molecule has 0 aromatic carbocycles. The molecule has 1 aliphatic heterocycles. The first-order chi connectivity index (χ1) is 6.66. The van der Waals surface area contributed by atoms with Crippen LogP contribution in [0.1, 0.15) is 33.1 Å². The van der Waals surface area contributed by atoms with Crippen LogP contribution in [0.2, 0.25) is 0 Å². The molecular formula is C12H24N2. The molecule has 1 heterocycles. The van der Waals surface area contributed by atoms with Crippen molar-refractivity contribution in [2.45, 2.75) is 39.2 Å². The number of nitrogens with zero attached hydrogens (tertiary/aromatic N) is 1. The second-order valence-electron chi connectivity index (χ2n) is 5.55. The van der Waals surface area contributed by atoms with Gasteiger partial charge in [-0.1, -0.05) is 13.8 Å². The second kappa shape index (κ2) is 4.19. The summed E-state index contributed by atoms with van der Waals surface area (Å²) < 4.78 is 0. The summed E-state index contributed by atoms with van der Waals surface area (Å²) in [6.45, 7) is 8.40. The molecule has 82 valence electrons. The van der Waals surface area contributed by atoms with Crippen LogP contribution in [0, 0.1) is 17.8 Å². The van der Waals surface area contributed by atoms with Crippen LogP contribution >= 0.6 is 0 Å². The van der Waals surface area contributed by atoms with E-state index in [1.165, 1.54) is 32.4 Å². The summed E-state index contributed by atoms with van der Waals surface area (Å²) in [5.74, 6) is 2.62. The number of rotatable bonds is 4. The first-order valence-corrected chi connectivity index (χ1v) is 6.14. The maximum Gasteiger partial charge on any atom is 0.0196 e. The largest absolute Gasteiger partial charge is 0.326 e. The smallest absolute Gasteiger partial charge is 0.0196 e. The fraction of sp³-hybridized carbons (Fsp3) is 1.00. The van der Waals surface area contributed by atoms with Crippen LogP contribution in [-0.4, -0.2) is 30.6 Å². The molecule has 2 N–H and O–H groups in total. The summed E-state index contributed by atoms with van der Waals surface area (Å²) in [5, 5.41) is 0. The van der Waals surface area contributed by atoms with Crippen LogP contribution in [0.5, 0.6) is 0 Å². The van der Waals surface area contributed by atoms with Crippen LogP contribution in [0.25, 0.3) is 0 Å². The second-order valence-corrected chi connectivity index (χ2v) is 5.55. The highest BCUT2D eigenvalue weighted by Crippen LogP contribution is 2.33. The minimum atomic E-state index is 0.459. The predicted octanol–water partition coefficient (Wildman–Crippen LogP) is 1.70. The molecule has 0 radical (unpaired) electrons. The molecule has 0 aromatic heterocycles. The standard InChI is InChI=1S/C12H24N2/c1-9(2)11-5-6-14(7-11)8-12(13)10-3-4-10/h9-12H,3-8,13H2,1-2H3. The lowest BCUT2D eigenvalue weighted by Gasteiger charge is -2.21. The van der Waals surface area contributed by atoms with Gasteiger partial charge in [0.2, 0.25) is 0 Å². The van der Waals surface area contributed by atoms with Gasteiger partial charge in [0.1, 0.15) is 0 Å². The van der Waals surface area contributed by atoms with E-state index in [2.05, 4.69) is 18.7 Å². The molecule has 2 atom stereocenters. The van der Waals surface area contributed by atoms with Gasteiger partial charge in [-0.25, -0.2) is 0 Å². The van der Waals surface area contributed by atoms with E-state index in [9.17, 15) is 0 Å². The van der Waals surface area contributed by atoms with Crippen molar-refractivity contribution in [3.63, 3.8) is 0 Å². The summed E-state index contributed by atoms with van der Waals surface area (Å²) in [7, 11) is 0. The number of nitrogens with two attached hydrogens (primary N) is 1. The van der Waals surface area contributed by atoms with E-state index in [0.29, 0.717) is 6.04 Å². The van der Waals surface area contributed by atoms with Crippen LogP contribution in [-0.2, 0) is 0 Å². The van der Waals surface area contributed by atoms with Gasteiger partial charge in [0.25, 0.3) is 0 Å². The Kier molecular flexibility index (Phi) is 3.13. The molecule has 2 nitrogen and oxygen atoms in total. The van der Waals surface area contributed by atoms with E-state index in [1.807, 2.05) is 0 Å². The van der Waals surface area contributed by atoms with E-state index in [4.69, 9.17) is 5.73 Å². The number of hydrogen-bond acceptors (Lipinski definition) is 2. The Bertz CT molecular complexity index is 187. The van der Waals surface area contributed by atoms with Crippen molar-refractivity contribution in [1.82, 2.24) is 4.90 Å². The predicted molar refractivity (Wildman–Crippen MR) is 60.1 cm³/mol. The Balaban J connectivity index is 1.72. The highest BCUT2D eigenvalue weighted by molar-refractivity contribution is 4.88. The lowest BCUT2D eigenvalue weighted by Crippen LogP contribution is -2.37. The SMILES string of the molecule is CC(C)C1CCN(CC(N)C2CC2)C1. The molecule has 1 saturated carbocycles. The van der Waals surface area contributed by atoms with Gasteiger partial charge in [-0.05, 0) is 43.6 Å². The topological polar surface area (TPSA) is 29.3 Å². The summed E-state index contributed by atoms with van der Waals surface area (Å²) in [6.07, 6.45) is 4.14. The Morgan fingerprint density at radius 2 is 1.93 bits per heavy atom. The van der Waals surface area contributed by atoms with Gasteiger partial charge in [-0.3, -0.25) is 0 Å². The molecule has 1 saturated heterocycles. The molecule has 0 amide bonds. The zero-order valence-corrected chi connectivity index (χ0v) is 9.58. The lowest BCUT2D eigenvalue weighted by atomic mass is 9.95. The van der Waals surface area contributed by atoms with Gasteiger partial charge in [0.15, 0.2) is 0 Å².